The van der Waals surface area contributed by atoms with E-state index >= 15 is 0 Å². The maximum Gasteiger partial charge on any atom is 0.343 e. The van der Waals surface area contributed by atoms with Gasteiger partial charge in [0.05, 0.1) is 5.69 Å². The van der Waals surface area contributed by atoms with Crippen LogP contribution in [0.25, 0.3) is 11.3 Å². The summed E-state index contributed by atoms with van der Waals surface area (Å²) in [5, 5.41) is 11.9. The highest BCUT2D eigenvalue weighted by Crippen LogP contribution is 2.22. The van der Waals surface area contributed by atoms with Gasteiger partial charge in [-0.3, -0.25) is 9.36 Å². The molecule has 0 saturated heterocycles. The third-order valence-electron chi connectivity index (χ3n) is 4.36. The van der Waals surface area contributed by atoms with E-state index < -0.39 is 0 Å². The zero-order chi connectivity index (χ0) is 17.2. The number of hydrogen-bond acceptors (Lipinski definition) is 5. The highest BCUT2D eigenvalue weighted by Gasteiger charge is 2.22. The number of rotatable bonds is 3. The molecule has 2 N–H and O–H groups in total. The molecule has 0 fully saturated rings. The normalized spacial score (nSPS) is 16.9. The molecule has 1 amide bonds. The highest BCUT2D eigenvalue weighted by atomic mass is 32.1. The number of aryl methyl sites for hydroxylation is 1. The molecule has 25 heavy (non-hydrogen) atoms. The average molecular weight is 355 g/mol. The van der Waals surface area contributed by atoms with Gasteiger partial charge in [0, 0.05) is 30.0 Å². The third kappa shape index (κ3) is 3.25. The number of H-pyrrole nitrogens is 1. The van der Waals surface area contributed by atoms with Gasteiger partial charge in [-0.05, 0) is 12.8 Å². The number of carbonyl (C=O) groups is 1. The number of amides is 1. The van der Waals surface area contributed by atoms with Crippen molar-refractivity contribution < 1.29 is 4.79 Å². The first-order valence-electron chi connectivity index (χ1n) is 8.16. The van der Waals surface area contributed by atoms with Gasteiger partial charge in [0.1, 0.15) is 5.82 Å². The Labute approximate surface area is 147 Å². The van der Waals surface area contributed by atoms with E-state index in [0.717, 1.165) is 23.5 Å². The Hall–Kier alpha value is -2.74. The van der Waals surface area contributed by atoms with Crippen LogP contribution in [0.4, 0.5) is 0 Å². The van der Waals surface area contributed by atoms with Crippen LogP contribution >= 0.6 is 11.3 Å². The number of nitrogens with zero attached hydrogens (tertiary/aromatic N) is 3. The van der Waals surface area contributed by atoms with Crippen LogP contribution in [0.15, 0.2) is 40.5 Å². The number of benzene rings is 1. The van der Waals surface area contributed by atoms with Gasteiger partial charge in [-0.1, -0.05) is 30.3 Å². The van der Waals surface area contributed by atoms with Gasteiger partial charge in [0.25, 0.3) is 5.91 Å². The number of thiazole rings is 1. The Morgan fingerprint density at radius 2 is 2.12 bits per heavy atom. The lowest BCUT2D eigenvalue weighted by molar-refractivity contribution is 0.0932. The van der Waals surface area contributed by atoms with Gasteiger partial charge in [0.2, 0.25) is 0 Å². The van der Waals surface area contributed by atoms with Crippen molar-refractivity contribution in [1.82, 2.24) is 25.1 Å². The molecule has 1 aliphatic heterocycles. The third-order valence-corrected chi connectivity index (χ3v) is 5.20. The Morgan fingerprint density at radius 1 is 1.28 bits per heavy atom. The fourth-order valence-electron chi connectivity index (χ4n) is 3.02. The summed E-state index contributed by atoms with van der Waals surface area (Å²) in [6.45, 7) is 0.558. The van der Waals surface area contributed by atoms with Gasteiger partial charge in [0.15, 0.2) is 5.01 Å². The van der Waals surface area contributed by atoms with Crippen LogP contribution in [0.1, 0.15) is 28.5 Å². The predicted molar refractivity (Wildman–Crippen MR) is 94.6 cm³/mol. The first-order chi connectivity index (χ1) is 12.2. The van der Waals surface area contributed by atoms with E-state index in [9.17, 15) is 9.59 Å². The van der Waals surface area contributed by atoms with Crippen molar-refractivity contribution in [1.29, 1.82) is 0 Å². The summed E-state index contributed by atoms with van der Waals surface area (Å²) < 4.78 is 1.64. The number of aromatic nitrogens is 4. The first-order valence-corrected chi connectivity index (χ1v) is 9.04. The molecular weight excluding hydrogens is 338 g/mol. The van der Waals surface area contributed by atoms with Crippen LogP contribution in [-0.4, -0.2) is 31.7 Å². The number of carbonyl (C=O) groups excluding carboxylic acids is 1. The molecule has 1 aromatic carbocycles. The molecule has 128 valence electrons. The van der Waals surface area contributed by atoms with Gasteiger partial charge in [-0.2, -0.15) is 5.10 Å². The van der Waals surface area contributed by atoms with Crippen molar-refractivity contribution in [3.8, 4) is 11.3 Å². The van der Waals surface area contributed by atoms with Crippen molar-refractivity contribution >= 4 is 17.2 Å². The molecule has 0 saturated carbocycles. The van der Waals surface area contributed by atoms with E-state index in [4.69, 9.17) is 0 Å². The van der Waals surface area contributed by atoms with Crippen molar-refractivity contribution in [2.24, 2.45) is 0 Å². The van der Waals surface area contributed by atoms with Crippen molar-refractivity contribution in [3.63, 3.8) is 0 Å². The molecular formula is C17H17N5O2S. The van der Waals surface area contributed by atoms with Crippen molar-refractivity contribution in [3.05, 3.63) is 57.0 Å². The van der Waals surface area contributed by atoms with Crippen LogP contribution in [-0.2, 0) is 13.0 Å². The van der Waals surface area contributed by atoms with Crippen LogP contribution < -0.4 is 11.0 Å². The summed E-state index contributed by atoms with van der Waals surface area (Å²) in [7, 11) is 0. The molecule has 7 nitrogen and oxygen atoms in total. The molecule has 8 heteroatoms. The van der Waals surface area contributed by atoms with Gasteiger partial charge >= 0.3 is 5.69 Å². The van der Waals surface area contributed by atoms with Crippen LogP contribution in [0.2, 0.25) is 0 Å². The molecule has 1 atom stereocenters. The molecule has 1 aliphatic rings. The Morgan fingerprint density at radius 3 is 2.96 bits per heavy atom. The maximum absolute atomic E-state index is 12.5. The standard InChI is InChI=1S/C17H17N5O2S/c23-15(16-19-13(10-25-16)11-4-2-1-3-5-11)18-12-6-7-14-20-21-17(24)22(14)9-8-12/h1-5,10,12H,6-9H2,(H,18,23)(H,21,24). The van der Waals surface area contributed by atoms with Crippen LogP contribution in [0.5, 0.6) is 0 Å². The highest BCUT2D eigenvalue weighted by molar-refractivity contribution is 7.12. The molecule has 0 radical (unpaired) electrons. The minimum Gasteiger partial charge on any atom is -0.347 e. The van der Waals surface area contributed by atoms with Gasteiger partial charge < -0.3 is 5.32 Å². The second-order valence-corrected chi connectivity index (χ2v) is 6.86. The van der Waals surface area contributed by atoms with Gasteiger partial charge in [-0.25, -0.2) is 14.9 Å². The molecule has 3 heterocycles. The first kappa shape index (κ1) is 15.8. The number of fused-ring (bicyclic) bond motifs is 1. The molecule has 1 unspecified atom stereocenters. The second kappa shape index (κ2) is 6.64. The summed E-state index contributed by atoms with van der Waals surface area (Å²) >= 11 is 1.34. The second-order valence-electron chi connectivity index (χ2n) is 6.00. The molecule has 0 spiro atoms. The van der Waals surface area contributed by atoms with Gasteiger partial charge in [-0.15, -0.1) is 11.3 Å². The Kier molecular flexibility index (Phi) is 4.19. The summed E-state index contributed by atoms with van der Waals surface area (Å²) in [5.41, 5.74) is 1.62. The van der Waals surface area contributed by atoms with Crippen molar-refractivity contribution in [2.75, 3.05) is 0 Å². The summed E-state index contributed by atoms with van der Waals surface area (Å²) in [5.74, 6) is 0.591. The molecule has 4 rings (SSSR count). The quantitative estimate of drug-likeness (QED) is 0.750. The SMILES string of the molecule is O=C(NC1CCc2n[nH]c(=O)n2CC1)c1nc(-c2ccccc2)cs1. The fourth-order valence-corrected chi connectivity index (χ4v) is 3.74. The van der Waals surface area contributed by atoms with Crippen molar-refractivity contribution in [2.45, 2.75) is 31.8 Å². The minimum absolute atomic E-state index is 0.0117. The van der Waals surface area contributed by atoms with E-state index in [1.54, 1.807) is 4.57 Å². The number of hydrogen-bond donors (Lipinski definition) is 2. The van der Waals surface area contributed by atoms with E-state index in [1.807, 2.05) is 35.7 Å². The molecule has 3 aromatic rings. The largest absolute Gasteiger partial charge is 0.347 e. The summed E-state index contributed by atoms with van der Waals surface area (Å²) in [6.07, 6.45) is 2.12. The summed E-state index contributed by atoms with van der Waals surface area (Å²) in [6, 6.07) is 9.81. The lowest BCUT2D eigenvalue weighted by Crippen LogP contribution is -2.35. The maximum atomic E-state index is 12.5. The monoisotopic (exact) mass is 355 g/mol. The van der Waals surface area contributed by atoms with Crippen LogP contribution in [0.3, 0.4) is 0 Å². The average Bonchev–Trinajstić information content (AvgIpc) is 3.20. The zero-order valence-corrected chi connectivity index (χ0v) is 14.3. The van der Waals surface area contributed by atoms with E-state index in [0.29, 0.717) is 24.4 Å². The van der Waals surface area contributed by atoms with Crippen LogP contribution in [0, 0.1) is 0 Å². The zero-order valence-electron chi connectivity index (χ0n) is 13.4. The lowest BCUT2D eigenvalue weighted by Gasteiger charge is -2.14. The number of aromatic amines is 1. The Balaban J connectivity index is 1.43. The molecule has 0 aliphatic carbocycles. The van der Waals surface area contributed by atoms with E-state index in [-0.39, 0.29) is 17.6 Å². The van der Waals surface area contributed by atoms with E-state index in [2.05, 4.69) is 20.5 Å². The topological polar surface area (TPSA) is 92.7 Å². The Bertz CT molecular complexity index is 943. The smallest absolute Gasteiger partial charge is 0.343 e. The fraction of sp³-hybridized carbons (Fsp3) is 0.294. The summed E-state index contributed by atoms with van der Waals surface area (Å²) in [4.78, 5) is 28.6. The molecule has 2 aromatic heterocycles. The minimum atomic E-state index is -0.186. The van der Waals surface area contributed by atoms with E-state index in [1.165, 1.54) is 11.3 Å². The molecule has 0 bridgehead atoms. The predicted octanol–water partition coefficient (Wildman–Crippen LogP) is 1.83. The number of nitrogens with one attached hydrogen (secondary N) is 2. The lowest BCUT2D eigenvalue weighted by atomic mass is 10.1.